The van der Waals surface area contributed by atoms with Gasteiger partial charge in [0.15, 0.2) is 0 Å². The first-order chi connectivity index (χ1) is 13.7. The Hall–Kier alpha value is -0.130. The Labute approximate surface area is 202 Å². The van der Waals surface area contributed by atoms with Crippen LogP contribution >= 0.6 is 0 Å². The molecule has 0 bridgehead atoms. The van der Waals surface area contributed by atoms with Crippen LogP contribution in [0.25, 0.3) is 0 Å². The standard InChI is InChI=1S/C24H40O3S.Na/c1-2-3-4-5-6-7-8-9-10-11-12-13-14-15-16-20-23-27-28(25,26)24-21-18-17-19-22-24;/h9-10,17-19,21-22H,2-8,11-16,20,23H2,1H3;/b10-9-;. The van der Waals surface area contributed by atoms with Crippen LogP contribution in [0.5, 0.6) is 0 Å². The second-order valence-electron chi connectivity index (χ2n) is 7.53. The van der Waals surface area contributed by atoms with Crippen LogP contribution in [0, 0.1) is 0 Å². The minimum absolute atomic E-state index is 0. The van der Waals surface area contributed by atoms with Crippen LogP contribution in [0.2, 0.25) is 0 Å². The number of hydrogen-bond acceptors (Lipinski definition) is 3. The first-order valence-corrected chi connectivity index (χ1v) is 12.7. The van der Waals surface area contributed by atoms with Crippen LogP contribution in [0.1, 0.15) is 96.8 Å². The van der Waals surface area contributed by atoms with E-state index in [1.54, 1.807) is 30.3 Å². The summed E-state index contributed by atoms with van der Waals surface area (Å²) in [6.45, 7) is 2.54. The molecule has 1 rings (SSSR count). The molecule has 29 heavy (non-hydrogen) atoms. The third-order valence-electron chi connectivity index (χ3n) is 4.93. The van der Waals surface area contributed by atoms with Gasteiger partial charge >= 0.3 is 0 Å². The number of benzene rings is 1. The van der Waals surface area contributed by atoms with Crippen molar-refractivity contribution >= 4 is 39.7 Å². The third kappa shape index (κ3) is 16.3. The predicted molar refractivity (Wildman–Crippen MR) is 125 cm³/mol. The Kier molecular flexibility index (Phi) is 19.7. The van der Waals surface area contributed by atoms with Crippen molar-refractivity contribution < 1.29 is 12.6 Å². The zero-order valence-corrected chi connectivity index (χ0v) is 21.6. The van der Waals surface area contributed by atoms with E-state index in [-0.39, 0.29) is 41.1 Å². The first-order valence-electron chi connectivity index (χ1n) is 11.3. The molecule has 0 unspecified atom stereocenters. The maximum atomic E-state index is 12.0. The zero-order chi connectivity index (χ0) is 20.3. The van der Waals surface area contributed by atoms with Gasteiger partial charge in [0.2, 0.25) is 0 Å². The van der Waals surface area contributed by atoms with Crippen LogP contribution in [-0.2, 0) is 14.3 Å². The number of unbranched alkanes of at least 4 members (excludes halogenated alkanes) is 12. The van der Waals surface area contributed by atoms with E-state index in [1.807, 2.05) is 0 Å². The molecule has 0 aliphatic heterocycles. The SMILES string of the molecule is CCCCCCCC/C=C\CCCCCCCCOS(=O)(=O)c1ccccc1.[Na]. The van der Waals surface area contributed by atoms with Crippen molar-refractivity contribution in [2.45, 2.75) is 102 Å². The van der Waals surface area contributed by atoms with Crippen LogP contribution in [0.15, 0.2) is 47.4 Å². The van der Waals surface area contributed by atoms with Crippen LogP contribution in [0.4, 0.5) is 0 Å². The second-order valence-corrected chi connectivity index (χ2v) is 9.14. The molecule has 1 radical (unpaired) electrons. The van der Waals surface area contributed by atoms with Crippen molar-refractivity contribution in [2.75, 3.05) is 6.61 Å². The molecule has 0 amide bonds. The van der Waals surface area contributed by atoms with Gasteiger partial charge in [0, 0.05) is 29.6 Å². The van der Waals surface area contributed by atoms with Gasteiger partial charge in [0.1, 0.15) is 0 Å². The van der Waals surface area contributed by atoms with E-state index in [9.17, 15) is 8.42 Å². The number of rotatable bonds is 18. The van der Waals surface area contributed by atoms with Crippen molar-refractivity contribution in [3.63, 3.8) is 0 Å². The number of hydrogen-bond donors (Lipinski definition) is 0. The fourth-order valence-electron chi connectivity index (χ4n) is 3.17. The Morgan fingerprint density at radius 1 is 0.724 bits per heavy atom. The number of allylic oxidation sites excluding steroid dienone is 2. The van der Waals surface area contributed by atoms with E-state index in [0.29, 0.717) is 0 Å². The van der Waals surface area contributed by atoms with Crippen molar-refractivity contribution in [3.8, 4) is 0 Å². The fourth-order valence-corrected chi connectivity index (χ4v) is 4.14. The second kappa shape index (κ2) is 19.8. The quantitative estimate of drug-likeness (QED) is 0.108. The Morgan fingerprint density at radius 3 is 1.76 bits per heavy atom. The van der Waals surface area contributed by atoms with E-state index in [0.717, 1.165) is 19.3 Å². The molecular formula is C24H40NaO3S. The molecular weight excluding hydrogens is 391 g/mol. The summed E-state index contributed by atoms with van der Waals surface area (Å²) >= 11 is 0. The average Bonchev–Trinajstić information content (AvgIpc) is 2.71. The molecule has 3 nitrogen and oxygen atoms in total. The molecule has 1 aromatic carbocycles. The zero-order valence-electron chi connectivity index (χ0n) is 18.8. The van der Waals surface area contributed by atoms with Gasteiger partial charge in [-0.15, -0.1) is 0 Å². The minimum atomic E-state index is -3.59. The van der Waals surface area contributed by atoms with Gasteiger partial charge in [0.25, 0.3) is 10.1 Å². The molecule has 0 N–H and O–H groups in total. The first kappa shape index (κ1) is 28.9. The summed E-state index contributed by atoms with van der Waals surface area (Å²) in [5, 5.41) is 0. The normalized spacial score (nSPS) is 11.6. The summed E-state index contributed by atoms with van der Waals surface area (Å²) in [7, 11) is -3.59. The van der Waals surface area contributed by atoms with Gasteiger partial charge in [-0.1, -0.05) is 95.1 Å². The molecule has 0 saturated heterocycles. The largest absolute Gasteiger partial charge is 0.296 e. The van der Waals surface area contributed by atoms with Gasteiger partial charge in [-0.2, -0.15) is 8.42 Å². The van der Waals surface area contributed by atoms with Gasteiger partial charge in [0.05, 0.1) is 11.5 Å². The van der Waals surface area contributed by atoms with Crippen molar-refractivity contribution in [1.82, 2.24) is 0 Å². The summed E-state index contributed by atoms with van der Waals surface area (Å²) in [6, 6.07) is 8.35. The van der Waals surface area contributed by atoms with Crippen LogP contribution in [0.3, 0.4) is 0 Å². The van der Waals surface area contributed by atoms with E-state index in [1.165, 1.54) is 70.6 Å². The molecule has 0 aliphatic rings. The molecule has 0 saturated carbocycles. The van der Waals surface area contributed by atoms with Crippen LogP contribution in [-0.4, -0.2) is 44.6 Å². The summed E-state index contributed by atoms with van der Waals surface area (Å²) in [6.07, 6.45) is 22.0. The monoisotopic (exact) mass is 431 g/mol. The van der Waals surface area contributed by atoms with E-state index in [2.05, 4.69) is 19.1 Å². The van der Waals surface area contributed by atoms with Crippen molar-refractivity contribution in [2.24, 2.45) is 0 Å². The Bertz CT molecular complexity index is 600. The van der Waals surface area contributed by atoms with Gasteiger partial charge in [-0.05, 0) is 44.2 Å². The summed E-state index contributed by atoms with van der Waals surface area (Å²) in [5.41, 5.74) is 0. The smallest absolute Gasteiger partial charge is 0.266 e. The van der Waals surface area contributed by atoms with Crippen molar-refractivity contribution in [1.29, 1.82) is 0 Å². The van der Waals surface area contributed by atoms with Gasteiger partial charge in [-0.3, -0.25) is 4.18 Å². The Balaban J connectivity index is 0.00000784. The molecule has 0 aromatic heterocycles. The molecule has 0 aliphatic carbocycles. The predicted octanol–water partition coefficient (Wildman–Crippen LogP) is 7.05. The molecule has 0 spiro atoms. The summed E-state index contributed by atoms with van der Waals surface area (Å²) in [5.74, 6) is 0. The molecule has 1 aromatic rings. The summed E-state index contributed by atoms with van der Waals surface area (Å²) < 4.78 is 29.0. The van der Waals surface area contributed by atoms with E-state index < -0.39 is 10.1 Å². The molecule has 0 atom stereocenters. The van der Waals surface area contributed by atoms with Gasteiger partial charge in [-0.25, -0.2) is 0 Å². The van der Waals surface area contributed by atoms with Crippen molar-refractivity contribution in [3.05, 3.63) is 42.5 Å². The van der Waals surface area contributed by atoms with Gasteiger partial charge < -0.3 is 0 Å². The maximum Gasteiger partial charge on any atom is 0.296 e. The maximum absolute atomic E-state index is 12.0. The molecule has 5 heteroatoms. The minimum Gasteiger partial charge on any atom is -0.266 e. The fraction of sp³-hybridized carbons (Fsp3) is 0.667. The molecule has 161 valence electrons. The van der Waals surface area contributed by atoms with E-state index >= 15 is 0 Å². The Morgan fingerprint density at radius 2 is 1.21 bits per heavy atom. The van der Waals surface area contributed by atoms with E-state index in [4.69, 9.17) is 4.18 Å². The molecule has 0 fully saturated rings. The summed E-state index contributed by atoms with van der Waals surface area (Å²) in [4.78, 5) is 0.236. The third-order valence-corrected chi connectivity index (χ3v) is 6.25. The average molecular weight is 432 g/mol. The molecule has 0 heterocycles. The topological polar surface area (TPSA) is 43.4 Å². The van der Waals surface area contributed by atoms with Crippen LogP contribution < -0.4 is 0 Å².